The van der Waals surface area contributed by atoms with Crippen molar-refractivity contribution in [2.45, 2.75) is 19.1 Å². The predicted octanol–water partition coefficient (Wildman–Crippen LogP) is 5.12. The van der Waals surface area contributed by atoms with Crippen molar-refractivity contribution in [3.8, 4) is 0 Å². The molecule has 23 heavy (non-hydrogen) atoms. The zero-order valence-corrected chi connectivity index (χ0v) is 14.1. The molecule has 0 saturated heterocycles. The van der Waals surface area contributed by atoms with Crippen LogP contribution in [0.1, 0.15) is 30.3 Å². The summed E-state index contributed by atoms with van der Waals surface area (Å²) in [7, 11) is 1.41. The topological polar surface area (TPSA) is 35.5 Å². The van der Waals surface area contributed by atoms with E-state index < -0.39 is 24.0 Å². The quantitative estimate of drug-likeness (QED) is 0.550. The first kappa shape index (κ1) is 17.7. The Morgan fingerprint density at radius 1 is 1.13 bits per heavy atom. The number of ether oxygens (including phenoxy) is 2. The number of hydrogen-bond acceptors (Lipinski definition) is 3. The van der Waals surface area contributed by atoms with Crippen LogP contribution in [-0.4, -0.2) is 13.1 Å². The van der Waals surface area contributed by atoms with Crippen LogP contribution in [0.15, 0.2) is 42.5 Å². The molecule has 0 bridgehead atoms. The molecule has 122 valence electrons. The molecule has 0 amide bonds. The standard InChI is InChI=1S/C17H15Cl2FO3/c1-10(14-12(18)8-9-13(20)15(14)19)23-17(21)16(22-2)11-6-4-3-5-7-11/h3-10,16H,1-2H3. The van der Waals surface area contributed by atoms with E-state index in [0.29, 0.717) is 5.56 Å². The first-order chi connectivity index (χ1) is 11.0. The number of carbonyl (C=O) groups is 1. The summed E-state index contributed by atoms with van der Waals surface area (Å²) >= 11 is 12.0. The van der Waals surface area contributed by atoms with Crippen LogP contribution in [0, 0.1) is 5.82 Å². The zero-order chi connectivity index (χ0) is 17.0. The molecule has 0 fully saturated rings. The molecular formula is C17H15Cl2FO3. The van der Waals surface area contributed by atoms with Gasteiger partial charge in [0, 0.05) is 17.7 Å². The zero-order valence-electron chi connectivity index (χ0n) is 12.6. The Labute approximate surface area is 143 Å². The summed E-state index contributed by atoms with van der Waals surface area (Å²) in [6, 6.07) is 11.4. The monoisotopic (exact) mass is 356 g/mol. The van der Waals surface area contributed by atoms with Crippen LogP contribution < -0.4 is 0 Å². The molecule has 0 aliphatic carbocycles. The Morgan fingerprint density at radius 2 is 1.78 bits per heavy atom. The molecule has 0 aliphatic heterocycles. The van der Waals surface area contributed by atoms with Crippen molar-refractivity contribution in [3.63, 3.8) is 0 Å². The van der Waals surface area contributed by atoms with Gasteiger partial charge in [0.1, 0.15) is 11.9 Å². The molecular weight excluding hydrogens is 342 g/mol. The Morgan fingerprint density at radius 3 is 2.39 bits per heavy atom. The van der Waals surface area contributed by atoms with Crippen molar-refractivity contribution in [2.75, 3.05) is 7.11 Å². The minimum Gasteiger partial charge on any atom is -0.455 e. The van der Waals surface area contributed by atoms with E-state index in [1.165, 1.54) is 13.2 Å². The Balaban J connectivity index is 2.21. The Bertz CT molecular complexity index is 692. The molecule has 0 saturated carbocycles. The lowest BCUT2D eigenvalue weighted by molar-refractivity contribution is -0.161. The van der Waals surface area contributed by atoms with Gasteiger partial charge in [0.15, 0.2) is 6.10 Å². The highest BCUT2D eigenvalue weighted by Gasteiger charge is 2.26. The summed E-state index contributed by atoms with van der Waals surface area (Å²) in [5, 5.41) is 0.0665. The SMILES string of the molecule is COC(C(=O)OC(C)c1c(Cl)ccc(F)c1Cl)c1ccccc1. The Hall–Kier alpha value is -1.62. The van der Waals surface area contributed by atoms with E-state index in [9.17, 15) is 9.18 Å². The van der Waals surface area contributed by atoms with E-state index in [1.54, 1.807) is 31.2 Å². The van der Waals surface area contributed by atoms with Crippen molar-refractivity contribution < 1.29 is 18.7 Å². The third-order valence-corrected chi connectivity index (χ3v) is 4.04. The average molecular weight is 357 g/mol. The normalized spacial score (nSPS) is 13.4. The van der Waals surface area contributed by atoms with Gasteiger partial charge in [-0.05, 0) is 24.6 Å². The van der Waals surface area contributed by atoms with Gasteiger partial charge in [0.05, 0.1) is 5.02 Å². The number of halogens is 3. The van der Waals surface area contributed by atoms with Crippen LogP contribution in [-0.2, 0) is 14.3 Å². The number of rotatable bonds is 5. The van der Waals surface area contributed by atoms with E-state index in [4.69, 9.17) is 32.7 Å². The molecule has 0 spiro atoms. The highest BCUT2D eigenvalue weighted by atomic mass is 35.5. The second kappa shape index (κ2) is 7.77. The maximum absolute atomic E-state index is 13.6. The van der Waals surface area contributed by atoms with Gasteiger partial charge in [-0.3, -0.25) is 0 Å². The summed E-state index contributed by atoms with van der Waals surface area (Å²) in [6.07, 6.45) is -1.70. The van der Waals surface area contributed by atoms with Gasteiger partial charge in [0.25, 0.3) is 0 Å². The Kier molecular flexibility index (Phi) is 5.99. The molecule has 2 aromatic rings. The van der Waals surface area contributed by atoms with Gasteiger partial charge in [-0.25, -0.2) is 9.18 Å². The summed E-state index contributed by atoms with van der Waals surface area (Å²) in [4.78, 5) is 12.3. The van der Waals surface area contributed by atoms with E-state index in [1.807, 2.05) is 6.07 Å². The van der Waals surface area contributed by atoms with Crippen LogP contribution in [0.2, 0.25) is 10.0 Å². The number of methoxy groups -OCH3 is 1. The summed E-state index contributed by atoms with van der Waals surface area (Å²) in [5.74, 6) is -1.23. The first-order valence-corrected chi connectivity index (χ1v) is 7.63. The van der Waals surface area contributed by atoms with E-state index in [0.717, 1.165) is 6.07 Å². The molecule has 2 aromatic carbocycles. The smallest absolute Gasteiger partial charge is 0.340 e. The second-order valence-electron chi connectivity index (χ2n) is 4.86. The molecule has 0 heterocycles. The van der Waals surface area contributed by atoms with Gasteiger partial charge in [-0.15, -0.1) is 0 Å². The molecule has 6 heteroatoms. The average Bonchev–Trinajstić information content (AvgIpc) is 2.53. The van der Waals surface area contributed by atoms with Crippen molar-refractivity contribution in [1.29, 1.82) is 0 Å². The fraction of sp³-hybridized carbons (Fsp3) is 0.235. The van der Waals surface area contributed by atoms with Gasteiger partial charge in [-0.1, -0.05) is 53.5 Å². The van der Waals surface area contributed by atoms with Gasteiger partial charge in [-0.2, -0.15) is 0 Å². The third kappa shape index (κ3) is 4.02. The van der Waals surface area contributed by atoms with E-state index in [-0.39, 0.29) is 15.6 Å². The number of hydrogen-bond donors (Lipinski definition) is 0. The molecule has 2 unspecified atom stereocenters. The molecule has 0 N–H and O–H groups in total. The maximum Gasteiger partial charge on any atom is 0.340 e. The first-order valence-electron chi connectivity index (χ1n) is 6.87. The van der Waals surface area contributed by atoms with Crippen LogP contribution in [0.5, 0.6) is 0 Å². The number of carbonyl (C=O) groups excluding carboxylic acids is 1. The molecule has 2 rings (SSSR count). The number of esters is 1. The number of benzene rings is 2. The third-order valence-electron chi connectivity index (χ3n) is 3.33. The molecule has 0 aromatic heterocycles. The lowest BCUT2D eigenvalue weighted by atomic mass is 10.1. The minimum absolute atomic E-state index is 0.161. The van der Waals surface area contributed by atoms with E-state index >= 15 is 0 Å². The van der Waals surface area contributed by atoms with Gasteiger partial charge in [0.2, 0.25) is 0 Å². The van der Waals surface area contributed by atoms with Gasteiger partial charge < -0.3 is 9.47 Å². The van der Waals surface area contributed by atoms with Crippen molar-refractivity contribution >= 4 is 29.2 Å². The maximum atomic E-state index is 13.6. The summed E-state index contributed by atoms with van der Waals surface area (Å²) in [5.41, 5.74) is 0.883. The van der Waals surface area contributed by atoms with Crippen LogP contribution in [0.3, 0.4) is 0 Å². The second-order valence-corrected chi connectivity index (χ2v) is 5.65. The largest absolute Gasteiger partial charge is 0.455 e. The minimum atomic E-state index is -0.884. The lowest BCUT2D eigenvalue weighted by Crippen LogP contribution is -2.19. The highest BCUT2D eigenvalue weighted by molar-refractivity contribution is 6.36. The highest BCUT2D eigenvalue weighted by Crippen LogP contribution is 2.35. The summed E-state index contributed by atoms with van der Waals surface area (Å²) in [6.45, 7) is 1.57. The molecule has 3 nitrogen and oxygen atoms in total. The fourth-order valence-corrected chi connectivity index (χ4v) is 2.88. The summed E-state index contributed by atoms with van der Waals surface area (Å²) < 4.78 is 24.2. The lowest BCUT2D eigenvalue weighted by Gasteiger charge is -2.20. The predicted molar refractivity (Wildman–Crippen MR) is 87.1 cm³/mol. The van der Waals surface area contributed by atoms with Crippen molar-refractivity contribution in [3.05, 3.63) is 69.5 Å². The van der Waals surface area contributed by atoms with Gasteiger partial charge >= 0.3 is 5.97 Å². The molecule has 2 atom stereocenters. The van der Waals surface area contributed by atoms with E-state index in [2.05, 4.69) is 0 Å². The van der Waals surface area contributed by atoms with Crippen LogP contribution in [0.25, 0.3) is 0 Å². The van der Waals surface area contributed by atoms with Crippen molar-refractivity contribution in [2.24, 2.45) is 0 Å². The van der Waals surface area contributed by atoms with Crippen LogP contribution in [0.4, 0.5) is 4.39 Å². The molecule has 0 aliphatic rings. The molecule has 0 radical (unpaired) electrons. The van der Waals surface area contributed by atoms with Crippen LogP contribution >= 0.6 is 23.2 Å². The fourth-order valence-electron chi connectivity index (χ4n) is 2.21. The van der Waals surface area contributed by atoms with Crippen molar-refractivity contribution in [1.82, 2.24) is 0 Å².